The summed E-state index contributed by atoms with van der Waals surface area (Å²) in [6.07, 6.45) is 9.12. The molecule has 2 fully saturated rings. The van der Waals surface area contributed by atoms with Crippen LogP contribution in [0.5, 0.6) is 0 Å². The Labute approximate surface area is 166 Å². The van der Waals surface area contributed by atoms with Crippen molar-refractivity contribution in [1.82, 2.24) is 0 Å². The minimum Gasteiger partial charge on any atom is -0.206 e. The quantitative estimate of drug-likeness (QED) is 0.443. The highest BCUT2D eigenvalue weighted by atomic mass is 19.4. The van der Waals surface area contributed by atoms with Crippen LogP contribution in [0.4, 0.5) is 17.6 Å². The van der Waals surface area contributed by atoms with E-state index in [9.17, 15) is 17.6 Å². The number of hydrogen-bond donors (Lipinski definition) is 0. The molecule has 0 unspecified atom stereocenters. The third-order valence-electron chi connectivity index (χ3n) is 6.98. The Morgan fingerprint density at radius 2 is 1.54 bits per heavy atom. The van der Waals surface area contributed by atoms with Gasteiger partial charge in [-0.05, 0) is 79.9 Å². The molecule has 0 saturated heterocycles. The molecule has 0 aliphatic heterocycles. The first-order valence-electron chi connectivity index (χ1n) is 10.8. The fourth-order valence-corrected chi connectivity index (χ4v) is 5.12. The standard InChI is InChI=1S/C24H32F4/c1-17-2-9-20(10-3-17)21-11-6-18(7-12-21)4-5-19-8-13-22(23(25)16-19)14-15-24(26,27)28/h8,13-18,20-21H,2-7,9-12H2,1H3/b15-14+. The van der Waals surface area contributed by atoms with E-state index in [1.807, 2.05) is 0 Å². The molecule has 0 radical (unpaired) electrons. The molecule has 0 nitrogen and oxygen atoms in total. The largest absolute Gasteiger partial charge is 0.409 e. The van der Waals surface area contributed by atoms with Crippen molar-refractivity contribution in [2.45, 2.75) is 77.3 Å². The monoisotopic (exact) mass is 396 g/mol. The number of halogens is 4. The molecule has 3 rings (SSSR count). The molecule has 1 aromatic carbocycles. The van der Waals surface area contributed by atoms with E-state index in [1.54, 1.807) is 6.07 Å². The summed E-state index contributed by atoms with van der Waals surface area (Å²) in [6.45, 7) is 2.37. The maximum absolute atomic E-state index is 14.1. The minimum absolute atomic E-state index is 0.0108. The molecule has 2 aliphatic rings. The highest BCUT2D eigenvalue weighted by Gasteiger charge is 2.29. The predicted octanol–water partition coefficient (Wildman–Crippen LogP) is 7.97. The fourth-order valence-electron chi connectivity index (χ4n) is 5.12. The number of alkyl halides is 3. The highest BCUT2D eigenvalue weighted by molar-refractivity contribution is 5.51. The lowest BCUT2D eigenvalue weighted by atomic mass is 9.69. The minimum atomic E-state index is -4.42. The summed E-state index contributed by atoms with van der Waals surface area (Å²) in [6, 6.07) is 4.60. The maximum Gasteiger partial charge on any atom is 0.409 e. The average molecular weight is 397 g/mol. The van der Waals surface area contributed by atoms with Crippen LogP contribution < -0.4 is 0 Å². The van der Waals surface area contributed by atoms with Gasteiger partial charge in [0, 0.05) is 11.6 Å². The van der Waals surface area contributed by atoms with Gasteiger partial charge in [-0.3, -0.25) is 0 Å². The molecule has 28 heavy (non-hydrogen) atoms. The zero-order chi connectivity index (χ0) is 20.1. The van der Waals surface area contributed by atoms with E-state index in [1.165, 1.54) is 63.5 Å². The molecule has 0 N–H and O–H groups in total. The molecular formula is C24H32F4. The normalized spacial score (nSPS) is 29.3. The SMILES string of the molecule is CC1CCC(C2CCC(CCc3ccc(/C=C/C(F)(F)F)c(F)c3)CC2)CC1. The van der Waals surface area contributed by atoms with E-state index in [0.717, 1.165) is 42.2 Å². The Balaban J connectivity index is 1.44. The van der Waals surface area contributed by atoms with Crippen LogP contribution in [0.1, 0.15) is 75.8 Å². The van der Waals surface area contributed by atoms with E-state index in [0.29, 0.717) is 5.92 Å². The number of hydrogen-bond acceptors (Lipinski definition) is 0. The topological polar surface area (TPSA) is 0 Å². The Morgan fingerprint density at radius 3 is 2.11 bits per heavy atom. The van der Waals surface area contributed by atoms with E-state index in [-0.39, 0.29) is 11.6 Å². The van der Waals surface area contributed by atoms with Crippen LogP contribution in [-0.2, 0) is 6.42 Å². The van der Waals surface area contributed by atoms with Crippen molar-refractivity contribution >= 4 is 6.08 Å². The van der Waals surface area contributed by atoms with Crippen molar-refractivity contribution in [2.24, 2.45) is 23.7 Å². The average Bonchev–Trinajstić information content (AvgIpc) is 2.66. The lowest BCUT2D eigenvalue weighted by molar-refractivity contribution is -0.0790. The van der Waals surface area contributed by atoms with Crippen LogP contribution in [0.2, 0.25) is 0 Å². The molecule has 0 aromatic heterocycles. The molecule has 0 spiro atoms. The van der Waals surface area contributed by atoms with Gasteiger partial charge in [0.15, 0.2) is 0 Å². The zero-order valence-corrected chi connectivity index (χ0v) is 16.8. The molecule has 2 saturated carbocycles. The lowest BCUT2D eigenvalue weighted by Gasteiger charge is -2.37. The van der Waals surface area contributed by atoms with E-state index in [2.05, 4.69) is 6.92 Å². The van der Waals surface area contributed by atoms with E-state index in [4.69, 9.17) is 0 Å². The number of aryl methyl sites for hydroxylation is 1. The molecule has 1 aromatic rings. The molecule has 2 aliphatic carbocycles. The highest BCUT2D eigenvalue weighted by Crippen LogP contribution is 2.42. The summed E-state index contributed by atoms with van der Waals surface area (Å²) >= 11 is 0. The molecule has 4 heteroatoms. The Bertz CT molecular complexity index is 645. The zero-order valence-electron chi connectivity index (χ0n) is 16.8. The molecular weight excluding hydrogens is 364 g/mol. The van der Waals surface area contributed by atoms with E-state index < -0.39 is 12.0 Å². The lowest BCUT2D eigenvalue weighted by Crippen LogP contribution is -2.25. The van der Waals surface area contributed by atoms with Crippen molar-refractivity contribution in [1.29, 1.82) is 0 Å². The van der Waals surface area contributed by atoms with Gasteiger partial charge in [0.05, 0.1) is 0 Å². The molecule has 0 amide bonds. The van der Waals surface area contributed by atoms with Crippen molar-refractivity contribution in [3.63, 3.8) is 0 Å². The number of rotatable bonds is 5. The first kappa shape index (κ1) is 21.4. The summed E-state index contributed by atoms with van der Waals surface area (Å²) < 4.78 is 50.8. The molecule has 0 atom stereocenters. The van der Waals surface area contributed by atoms with Crippen LogP contribution in [0, 0.1) is 29.5 Å². The summed E-state index contributed by atoms with van der Waals surface area (Å²) in [7, 11) is 0. The predicted molar refractivity (Wildman–Crippen MR) is 106 cm³/mol. The van der Waals surface area contributed by atoms with E-state index >= 15 is 0 Å². The summed E-state index contributed by atoms with van der Waals surface area (Å²) in [5.41, 5.74) is 0.869. The van der Waals surface area contributed by atoms with Crippen molar-refractivity contribution in [2.75, 3.05) is 0 Å². The molecule has 0 heterocycles. The van der Waals surface area contributed by atoms with Crippen LogP contribution in [0.25, 0.3) is 6.08 Å². The molecule has 0 bridgehead atoms. The van der Waals surface area contributed by atoms with Gasteiger partial charge in [-0.25, -0.2) is 4.39 Å². The summed E-state index contributed by atoms with van der Waals surface area (Å²) in [4.78, 5) is 0. The third-order valence-corrected chi connectivity index (χ3v) is 6.98. The van der Waals surface area contributed by atoms with Gasteiger partial charge in [0.2, 0.25) is 0 Å². The summed E-state index contributed by atoms with van der Waals surface area (Å²) in [5.74, 6) is 2.87. The summed E-state index contributed by atoms with van der Waals surface area (Å²) in [5, 5.41) is 0. The van der Waals surface area contributed by atoms with Crippen LogP contribution in [-0.4, -0.2) is 6.18 Å². The number of allylic oxidation sites excluding steroid dienone is 1. The van der Waals surface area contributed by atoms with Crippen molar-refractivity contribution in [3.05, 3.63) is 41.2 Å². The first-order chi connectivity index (χ1) is 13.3. The maximum atomic E-state index is 14.1. The fraction of sp³-hybridized carbons (Fsp3) is 0.667. The van der Waals surface area contributed by atoms with Crippen molar-refractivity contribution < 1.29 is 17.6 Å². The van der Waals surface area contributed by atoms with Gasteiger partial charge < -0.3 is 0 Å². The van der Waals surface area contributed by atoms with Gasteiger partial charge in [-0.2, -0.15) is 13.2 Å². The second kappa shape index (κ2) is 9.45. The second-order valence-corrected chi connectivity index (χ2v) is 9.07. The van der Waals surface area contributed by atoms with Crippen LogP contribution >= 0.6 is 0 Å². The number of benzene rings is 1. The van der Waals surface area contributed by atoms with Crippen molar-refractivity contribution in [3.8, 4) is 0 Å². The Kier molecular flexibility index (Phi) is 7.22. The van der Waals surface area contributed by atoms with Crippen LogP contribution in [0.3, 0.4) is 0 Å². The Morgan fingerprint density at radius 1 is 0.929 bits per heavy atom. The van der Waals surface area contributed by atoms with Gasteiger partial charge in [0.1, 0.15) is 5.82 Å². The first-order valence-corrected chi connectivity index (χ1v) is 10.8. The van der Waals surface area contributed by atoms with Crippen LogP contribution in [0.15, 0.2) is 24.3 Å². The van der Waals surface area contributed by atoms with Gasteiger partial charge in [0.25, 0.3) is 0 Å². The van der Waals surface area contributed by atoms with Gasteiger partial charge >= 0.3 is 6.18 Å². The smallest absolute Gasteiger partial charge is 0.206 e. The molecule has 156 valence electrons. The second-order valence-electron chi connectivity index (χ2n) is 9.07. The Hall–Kier alpha value is -1.32. The van der Waals surface area contributed by atoms with Gasteiger partial charge in [-0.15, -0.1) is 0 Å². The third kappa shape index (κ3) is 6.35. The van der Waals surface area contributed by atoms with Gasteiger partial charge in [-0.1, -0.05) is 44.7 Å².